The molecule has 1 aromatic rings. The molecule has 1 N–H and O–H groups in total. The Kier molecular flexibility index (Phi) is 5.83. The molecular formula is C17H30N4. The number of rotatable bonds is 6. The largest absolute Gasteiger partial charge is 0.370 e. The fraction of sp³-hybridized carbons (Fsp3) is 0.765. The van der Waals surface area contributed by atoms with Gasteiger partial charge in [0.1, 0.15) is 17.5 Å². The summed E-state index contributed by atoms with van der Waals surface area (Å²) in [7, 11) is 0. The van der Waals surface area contributed by atoms with E-state index in [0.29, 0.717) is 0 Å². The van der Waals surface area contributed by atoms with Gasteiger partial charge in [-0.05, 0) is 32.1 Å². The molecule has 0 radical (unpaired) electrons. The van der Waals surface area contributed by atoms with Gasteiger partial charge in [0.25, 0.3) is 0 Å². The molecule has 0 saturated carbocycles. The second-order valence-electron chi connectivity index (χ2n) is 6.06. The van der Waals surface area contributed by atoms with Crippen molar-refractivity contribution in [2.45, 2.75) is 59.8 Å². The van der Waals surface area contributed by atoms with Gasteiger partial charge in [0.05, 0.1) is 0 Å². The average Bonchev–Trinajstić information content (AvgIpc) is 2.54. The molecule has 1 fully saturated rings. The standard InChI is InChI=1S/C17H30N4/c1-5-10-18-16-13(4)17(20-15(7-3)19-16)21-11-8-14(6-2)9-12-21/h14H,5-12H2,1-4H3,(H,18,19,20). The van der Waals surface area contributed by atoms with Crippen molar-refractivity contribution in [3.05, 3.63) is 11.4 Å². The van der Waals surface area contributed by atoms with Crippen LogP contribution in [0.15, 0.2) is 0 Å². The summed E-state index contributed by atoms with van der Waals surface area (Å²) in [6.45, 7) is 12.0. The highest BCUT2D eigenvalue weighted by Gasteiger charge is 2.22. The van der Waals surface area contributed by atoms with Crippen LogP contribution in [-0.2, 0) is 6.42 Å². The third-order valence-electron chi connectivity index (χ3n) is 4.52. The average molecular weight is 290 g/mol. The Balaban J connectivity index is 2.21. The van der Waals surface area contributed by atoms with Gasteiger partial charge in [-0.2, -0.15) is 0 Å². The smallest absolute Gasteiger partial charge is 0.137 e. The molecule has 1 aliphatic rings. The number of anilines is 2. The number of nitrogens with zero attached hydrogens (tertiary/aromatic N) is 3. The van der Waals surface area contributed by atoms with Gasteiger partial charge in [-0.25, -0.2) is 9.97 Å². The minimum Gasteiger partial charge on any atom is -0.370 e. The van der Waals surface area contributed by atoms with Crippen LogP contribution in [0.2, 0.25) is 0 Å². The number of hydrogen-bond acceptors (Lipinski definition) is 4. The first-order valence-corrected chi connectivity index (χ1v) is 8.55. The molecular weight excluding hydrogens is 260 g/mol. The molecule has 21 heavy (non-hydrogen) atoms. The lowest BCUT2D eigenvalue weighted by molar-refractivity contribution is 0.393. The fourth-order valence-electron chi connectivity index (χ4n) is 2.98. The molecule has 1 saturated heterocycles. The minimum atomic E-state index is 0.888. The normalized spacial score (nSPS) is 16.3. The Morgan fingerprint density at radius 2 is 1.86 bits per heavy atom. The lowest BCUT2D eigenvalue weighted by Gasteiger charge is -2.33. The molecule has 0 bridgehead atoms. The summed E-state index contributed by atoms with van der Waals surface area (Å²) in [5.74, 6) is 4.02. The van der Waals surface area contributed by atoms with Gasteiger partial charge in [0.15, 0.2) is 0 Å². The summed E-state index contributed by atoms with van der Waals surface area (Å²) in [5, 5.41) is 3.46. The number of nitrogens with one attached hydrogen (secondary N) is 1. The maximum absolute atomic E-state index is 4.81. The first-order chi connectivity index (χ1) is 10.2. The van der Waals surface area contributed by atoms with Crippen molar-refractivity contribution in [1.29, 1.82) is 0 Å². The van der Waals surface area contributed by atoms with Crippen LogP contribution in [0.1, 0.15) is 57.8 Å². The predicted octanol–water partition coefficient (Wildman–Crippen LogP) is 3.80. The zero-order valence-electron chi connectivity index (χ0n) is 14.1. The molecule has 1 aliphatic heterocycles. The molecule has 0 unspecified atom stereocenters. The Bertz CT molecular complexity index is 450. The van der Waals surface area contributed by atoms with E-state index in [-0.39, 0.29) is 0 Å². The summed E-state index contributed by atoms with van der Waals surface area (Å²) in [4.78, 5) is 11.9. The van der Waals surface area contributed by atoms with E-state index in [2.05, 4.69) is 42.9 Å². The van der Waals surface area contributed by atoms with Gasteiger partial charge in [-0.3, -0.25) is 0 Å². The van der Waals surface area contributed by atoms with E-state index in [4.69, 9.17) is 4.98 Å². The van der Waals surface area contributed by atoms with Crippen molar-refractivity contribution in [3.63, 3.8) is 0 Å². The van der Waals surface area contributed by atoms with Crippen LogP contribution in [-0.4, -0.2) is 29.6 Å². The van der Waals surface area contributed by atoms with Crippen LogP contribution in [0.4, 0.5) is 11.6 Å². The van der Waals surface area contributed by atoms with Crippen LogP contribution < -0.4 is 10.2 Å². The summed E-state index contributed by atoms with van der Waals surface area (Å²) in [6.07, 6.45) is 5.89. The molecule has 2 rings (SSSR count). The lowest BCUT2D eigenvalue weighted by Crippen LogP contribution is -2.35. The predicted molar refractivity (Wildman–Crippen MR) is 90.2 cm³/mol. The first-order valence-electron chi connectivity index (χ1n) is 8.55. The third kappa shape index (κ3) is 3.86. The summed E-state index contributed by atoms with van der Waals surface area (Å²) in [5.41, 5.74) is 1.20. The van der Waals surface area contributed by atoms with Crippen molar-refractivity contribution in [2.24, 2.45) is 5.92 Å². The third-order valence-corrected chi connectivity index (χ3v) is 4.52. The van der Waals surface area contributed by atoms with E-state index in [1.165, 1.54) is 24.8 Å². The number of aryl methyl sites for hydroxylation is 1. The molecule has 0 aromatic carbocycles. The number of piperidine rings is 1. The molecule has 2 heterocycles. The summed E-state index contributed by atoms with van der Waals surface area (Å²) >= 11 is 0. The Morgan fingerprint density at radius 3 is 2.43 bits per heavy atom. The molecule has 4 heteroatoms. The molecule has 1 aromatic heterocycles. The van der Waals surface area contributed by atoms with E-state index in [9.17, 15) is 0 Å². The number of aromatic nitrogens is 2. The number of hydrogen-bond donors (Lipinski definition) is 1. The first kappa shape index (κ1) is 16.1. The van der Waals surface area contributed by atoms with Gasteiger partial charge in [0.2, 0.25) is 0 Å². The zero-order valence-corrected chi connectivity index (χ0v) is 14.1. The highest BCUT2D eigenvalue weighted by molar-refractivity contribution is 5.58. The molecule has 0 aliphatic carbocycles. The van der Waals surface area contributed by atoms with Gasteiger partial charge in [-0.1, -0.05) is 27.2 Å². The van der Waals surface area contributed by atoms with Crippen molar-refractivity contribution < 1.29 is 0 Å². The zero-order chi connectivity index (χ0) is 15.2. The van der Waals surface area contributed by atoms with Crippen LogP contribution in [0.3, 0.4) is 0 Å². The van der Waals surface area contributed by atoms with E-state index in [0.717, 1.165) is 55.9 Å². The van der Waals surface area contributed by atoms with Gasteiger partial charge in [-0.15, -0.1) is 0 Å². The molecule has 118 valence electrons. The summed E-state index contributed by atoms with van der Waals surface area (Å²) in [6, 6.07) is 0. The van der Waals surface area contributed by atoms with E-state index in [1.807, 2.05) is 0 Å². The Morgan fingerprint density at radius 1 is 1.14 bits per heavy atom. The van der Waals surface area contributed by atoms with Crippen molar-refractivity contribution in [1.82, 2.24) is 9.97 Å². The molecule has 0 amide bonds. The van der Waals surface area contributed by atoms with E-state index in [1.54, 1.807) is 0 Å². The Hall–Kier alpha value is -1.32. The molecule has 0 atom stereocenters. The second-order valence-corrected chi connectivity index (χ2v) is 6.06. The molecule has 4 nitrogen and oxygen atoms in total. The fourth-order valence-corrected chi connectivity index (χ4v) is 2.98. The van der Waals surface area contributed by atoms with Gasteiger partial charge < -0.3 is 10.2 Å². The van der Waals surface area contributed by atoms with Gasteiger partial charge >= 0.3 is 0 Å². The highest BCUT2D eigenvalue weighted by atomic mass is 15.2. The summed E-state index contributed by atoms with van der Waals surface area (Å²) < 4.78 is 0. The van der Waals surface area contributed by atoms with Crippen LogP contribution in [0.5, 0.6) is 0 Å². The van der Waals surface area contributed by atoms with Crippen molar-refractivity contribution in [2.75, 3.05) is 29.9 Å². The van der Waals surface area contributed by atoms with Crippen LogP contribution in [0, 0.1) is 12.8 Å². The lowest BCUT2D eigenvalue weighted by atomic mass is 9.94. The van der Waals surface area contributed by atoms with Gasteiger partial charge in [0, 0.05) is 31.6 Å². The van der Waals surface area contributed by atoms with Crippen LogP contribution >= 0.6 is 0 Å². The SMILES string of the molecule is CCCNc1nc(CC)nc(N2CCC(CC)CC2)c1C. The van der Waals surface area contributed by atoms with E-state index < -0.39 is 0 Å². The topological polar surface area (TPSA) is 41.1 Å². The van der Waals surface area contributed by atoms with E-state index >= 15 is 0 Å². The van der Waals surface area contributed by atoms with Crippen LogP contribution in [0.25, 0.3) is 0 Å². The highest BCUT2D eigenvalue weighted by Crippen LogP contribution is 2.28. The maximum Gasteiger partial charge on any atom is 0.137 e. The molecule has 0 spiro atoms. The maximum atomic E-state index is 4.81. The second kappa shape index (κ2) is 7.62. The monoisotopic (exact) mass is 290 g/mol. The van der Waals surface area contributed by atoms with Crippen molar-refractivity contribution >= 4 is 11.6 Å². The van der Waals surface area contributed by atoms with Crippen molar-refractivity contribution in [3.8, 4) is 0 Å². The Labute approximate surface area is 129 Å². The quantitative estimate of drug-likeness (QED) is 0.865. The minimum absolute atomic E-state index is 0.888.